The lowest BCUT2D eigenvalue weighted by Gasteiger charge is -2.06. The van der Waals surface area contributed by atoms with Gasteiger partial charge in [-0.2, -0.15) is 0 Å². The highest BCUT2D eigenvalue weighted by atomic mass is 16.3. The fourth-order valence-corrected chi connectivity index (χ4v) is 1.37. The monoisotopic (exact) mass is 233 g/mol. The van der Waals surface area contributed by atoms with Crippen LogP contribution in [-0.4, -0.2) is 26.1 Å². The van der Waals surface area contributed by atoms with E-state index in [2.05, 4.69) is 15.3 Å². The molecular weight excluding hydrogens is 222 g/mol. The van der Waals surface area contributed by atoms with Gasteiger partial charge in [0.2, 0.25) is 0 Å². The van der Waals surface area contributed by atoms with Gasteiger partial charge in [0, 0.05) is 12.4 Å². The quantitative estimate of drug-likeness (QED) is 0.588. The molecule has 0 bridgehead atoms. The molecule has 0 saturated carbocycles. The number of nitrogens with one attached hydrogen (secondary N) is 2. The molecule has 0 aliphatic carbocycles. The number of amides is 1. The molecule has 0 atom stereocenters. The summed E-state index contributed by atoms with van der Waals surface area (Å²) in [5, 5.41) is 21.3. The highest BCUT2D eigenvalue weighted by molar-refractivity contribution is 5.97. The third-order valence-electron chi connectivity index (χ3n) is 2.23. The Morgan fingerprint density at radius 1 is 1.41 bits per heavy atom. The van der Waals surface area contributed by atoms with Crippen LogP contribution in [0.4, 0.5) is 0 Å². The second-order valence-electron chi connectivity index (χ2n) is 3.39. The van der Waals surface area contributed by atoms with Crippen molar-refractivity contribution in [3.8, 4) is 11.5 Å². The van der Waals surface area contributed by atoms with Gasteiger partial charge < -0.3 is 20.5 Å². The van der Waals surface area contributed by atoms with E-state index in [9.17, 15) is 15.0 Å². The van der Waals surface area contributed by atoms with E-state index in [4.69, 9.17) is 0 Å². The van der Waals surface area contributed by atoms with Gasteiger partial charge in [-0.3, -0.25) is 4.79 Å². The number of aromatic amines is 1. The van der Waals surface area contributed by atoms with E-state index in [0.29, 0.717) is 5.82 Å². The number of nitrogens with zero attached hydrogens (tertiary/aromatic N) is 1. The summed E-state index contributed by atoms with van der Waals surface area (Å²) in [6.07, 6.45) is 3.22. The highest BCUT2D eigenvalue weighted by Gasteiger charge is 2.13. The predicted molar refractivity (Wildman–Crippen MR) is 59.5 cm³/mol. The Morgan fingerprint density at radius 3 is 2.94 bits per heavy atom. The number of H-pyrrole nitrogens is 1. The van der Waals surface area contributed by atoms with Gasteiger partial charge in [-0.15, -0.1) is 0 Å². The molecule has 88 valence electrons. The molecule has 1 amide bonds. The number of aromatic hydroxyl groups is 2. The Kier molecular flexibility index (Phi) is 2.95. The van der Waals surface area contributed by atoms with Crippen molar-refractivity contribution in [1.82, 2.24) is 15.3 Å². The Hall–Kier alpha value is -2.50. The van der Waals surface area contributed by atoms with Crippen LogP contribution < -0.4 is 5.32 Å². The first-order valence-corrected chi connectivity index (χ1v) is 4.96. The number of para-hydroxylation sites is 1. The lowest BCUT2D eigenvalue weighted by Crippen LogP contribution is -2.23. The molecular formula is C11H11N3O3. The van der Waals surface area contributed by atoms with Gasteiger partial charge >= 0.3 is 0 Å². The molecule has 2 aromatic rings. The van der Waals surface area contributed by atoms with E-state index in [0.717, 1.165) is 0 Å². The first-order chi connectivity index (χ1) is 8.18. The lowest BCUT2D eigenvalue weighted by molar-refractivity contribution is 0.0946. The van der Waals surface area contributed by atoms with Crippen molar-refractivity contribution >= 4 is 5.91 Å². The molecule has 17 heavy (non-hydrogen) atoms. The first kappa shape index (κ1) is 11.0. The number of hydrogen-bond donors (Lipinski definition) is 4. The number of rotatable bonds is 3. The molecule has 1 aromatic carbocycles. The number of imidazole rings is 1. The summed E-state index contributed by atoms with van der Waals surface area (Å²) in [6.45, 7) is 0.223. The Bertz CT molecular complexity index is 523. The molecule has 1 heterocycles. The van der Waals surface area contributed by atoms with Crippen molar-refractivity contribution in [1.29, 1.82) is 0 Å². The molecule has 0 unspecified atom stereocenters. The third-order valence-corrected chi connectivity index (χ3v) is 2.23. The fourth-order valence-electron chi connectivity index (χ4n) is 1.37. The molecule has 0 spiro atoms. The van der Waals surface area contributed by atoms with Crippen molar-refractivity contribution < 1.29 is 15.0 Å². The molecule has 2 rings (SSSR count). The zero-order valence-corrected chi connectivity index (χ0v) is 8.84. The molecule has 0 fully saturated rings. The van der Waals surface area contributed by atoms with E-state index in [1.54, 1.807) is 12.4 Å². The average Bonchev–Trinajstić information content (AvgIpc) is 2.82. The fraction of sp³-hybridized carbons (Fsp3) is 0.0909. The van der Waals surface area contributed by atoms with Crippen LogP contribution in [-0.2, 0) is 6.54 Å². The topological polar surface area (TPSA) is 98.2 Å². The van der Waals surface area contributed by atoms with Gasteiger partial charge in [0.25, 0.3) is 5.91 Å². The summed E-state index contributed by atoms with van der Waals surface area (Å²) >= 11 is 0. The highest BCUT2D eigenvalue weighted by Crippen LogP contribution is 2.27. The average molecular weight is 233 g/mol. The van der Waals surface area contributed by atoms with Crippen molar-refractivity contribution in [2.45, 2.75) is 6.54 Å². The molecule has 1 aromatic heterocycles. The van der Waals surface area contributed by atoms with Crippen LogP contribution in [0.25, 0.3) is 0 Å². The van der Waals surface area contributed by atoms with Crippen molar-refractivity contribution in [2.24, 2.45) is 0 Å². The molecule has 4 N–H and O–H groups in total. The summed E-state index contributed by atoms with van der Waals surface area (Å²) in [6, 6.07) is 4.21. The van der Waals surface area contributed by atoms with Gasteiger partial charge in [-0.25, -0.2) is 4.98 Å². The Labute approximate surface area is 96.9 Å². The van der Waals surface area contributed by atoms with Crippen LogP contribution in [0, 0.1) is 0 Å². The molecule has 6 heteroatoms. The first-order valence-electron chi connectivity index (χ1n) is 4.96. The van der Waals surface area contributed by atoms with Gasteiger partial charge in [0.05, 0.1) is 12.1 Å². The van der Waals surface area contributed by atoms with Crippen LogP contribution in [0.15, 0.2) is 30.6 Å². The number of carbonyl (C=O) groups excluding carboxylic acids is 1. The minimum atomic E-state index is -0.477. The lowest BCUT2D eigenvalue weighted by atomic mass is 10.1. The normalized spacial score (nSPS) is 10.1. The van der Waals surface area contributed by atoms with Crippen LogP contribution >= 0.6 is 0 Å². The van der Waals surface area contributed by atoms with Crippen LogP contribution in [0.2, 0.25) is 0 Å². The summed E-state index contributed by atoms with van der Waals surface area (Å²) in [5.41, 5.74) is 0.0246. The summed E-state index contributed by atoms with van der Waals surface area (Å²) in [7, 11) is 0. The van der Waals surface area contributed by atoms with Crippen molar-refractivity contribution in [3.05, 3.63) is 42.0 Å². The van der Waals surface area contributed by atoms with E-state index in [-0.39, 0.29) is 17.9 Å². The SMILES string of the molecule is O=C(NCc1ncc[nH]1)c1cccc(O)c1O. The molecule has 0 aliphatic heterocycles. The van der Waals surface area contributed by atoms with Gasteiger partial charge in [-0.05, 0) is 12.1 Å². The largest absolute Gasteiger partial charge is 0.504 e. The van der Waals surface area contributed by atoms with Crippen molar-refractivity contribution in [3.63, 3.8) is 0 Å². The minimum absolute atomic E-state index is 0.0246. The van der Waals surface area contributed by atoms with E-state index >= 15 is 0 Å². The van der Waals surface area contributed by atoms with E-state index < -0.39 is 11.7 Å². The Balaban J connectivity index is 2.07. The molecule has 0 radical (unpaired) electrons. The standard InChI is InChI=1S/C11H11N3O3/c15-8-3-1-2-7(10(8)16)11(17)14-6-9-12-4-5-13-9/h1-5,15-16H,6H2,(H,12,13)(H,14,17). The summed E-state index contributed by atoms with van der Waals surface area (Å²) < 4.78 is 0. The number of hydrogen-bond acceptors (Lipinski definition) is 4. The zero-order chi connectivity index (χ0) is 12.3. The summed E-state index contributed by atoms with van der Waals surface area (Å²) in [5.74, 6) is -0.618. The van der Waals surface area contributed by atoms with Gasteiger partial charge in [0.1, 0.15) is 5.82 Å². The van der Waals surface area contributed by atoms with E-state index in [1.807, 2.05) is 0 Å². The smallest absolute Gasteiger partial charge is 0.255 e. The van der Waals surface area contributed by atoms with Crippen LogP contribution in [0.3, 0.4) is 0 Å². The second kappa shape index (κ2) is 4.56. The predicted octanol–water partition coefficient (Wildman–Crippen LogP) is 0.751. The molecule has 0 aliphatic rings. The summed E-state index contributed by atoms with van der Waals surface area (Å²) in [4.78, 5) is 18.5. The third kappa shape index (κ3) is 2.36. The van der Waals surface area contributed by atoms with Crippen molar-refractivity contribution in [2.75, 3.05) is 0 Å². The van der Waals surface area contributed by atoms with Crippen LogP contribution in [0.1, 0.15) is 16.2 Å². The number of aromatic nitrogens is 2. The number of phenols is 2. The maximum atomic E-state index is 11.7. The number of carbonyl (C=O) groups is 1. The van der Waals surface area contributed by atoms with Gasteiger partial charge in [-0.1, -0.05) is 6.07 Å². The van der Waals surface area contributed by atoms with Gasteiger partial charge in [0.15, 0.2) is 11.5 Å². The second-order valence-corrected chi connectivity index (χ2v) is 3.39. The van der Waals surface area contributed by atoms with Crippen LogP contribution in [0.5, 0.6) is 11.5 Å². The maximum Gasteiger partial charge on any atom is 0.255 e. The molecule has 6 nitrogen and oxygen atoms in total. The molecule has 0 saturated heterocycles. The Morgan fingerprint density at radius 2 is 2.24 bits per heavy atom. The number of benzene rings is 1. The maximum absolute atomic E-state index is 11.7. The minimum Gasteiger partial charge on any atom is -0.504 e. The number of phenolic OH excluding ortho intramolecular Hbond substituents is 2. The van der Waals surface area contributed by atoms with E-state index in [1.165, 1.54) is 18.2 Å². The zero-order valence-electron chi connectivity index (χ0n) is 8.84.